The summed E-state index contributed by atoms with van der Waals surface area (Å²) >= 11 is 0. The van der Waals surface area contributed by atoms with Gasteiger partial charge in [-0.2, -0.15) is 5.26 Å². The molecule has 1 heterocycles. The predicted molar refractivity (Wildman–Crippen MR) is 163 cm³/mol. The fraction of sp³-hybridized carbons (Fsp3) is 0.324. The zero-order chi connectivity index (χ0) is 29.9. The highest BCUT2D eigenvalue weighted by atomic mass is 16.3. The number of anilines is 1. The number of nitriles is 1. The minimum atomic E-state index is -0.501. The number of benzene rings is 3. The maximum absolute atomic E-state index is 13.3. The van der Waals surface area contributed by atoms with Crippen molar-refractivity contribution >= 4 is 28.3 Å². The summed E-state index contributed by atoms with van der Waals surface area (Å²) < 4.78 is 6.30. The Morgan fingerprint density at radius 2 is 1.80 bits per heavy atom. The van der Waals surface area contributed by atoms with Crippen LogP contribution in [-0.4, -0.2) is 36.5 Å². The van der Waals surface area contributed by atoms with Crippen LogP contribution in [0.3, 0.4) is 0 Å². The molecule has 1 amide bonds. The zero-order valence-corrected chi connectivity index (χ0v) is 24.5. The van der Waals surface area contributed by atoms with Gasteiger partial charge >= 0.3 is 0 Å². The Balaban J connectivity index is 1.91. The normalized spacial score (nSPS) is 12.1. The molecule has 0 spiro atoms. The first-order valence-corrected chi connectivity index (χ1v) is 13.9. The van der Waals surface area contributed by atoms with Gasteiger partial charge in [-0.25, -0.2) is 0 Å². The van der Waals surface area contributed by atoms with Crippen molar-refractivity contribution in [2.24, 2.45) is 5.41 Å². The van der Waals surface area contributed by atoms with Gasteiger partial charge in [-0.1, -0.05) is 61.9 Å². The van der Waals surface area contributed by atoms with Crippen LogP contribution in [0.2, 0.25) is 0 Å². The van der Waals surface area contributed by atoms with Crippen molar-refractivity contribution in [2.75, 3.05) is 18.5 Å². The molecule has 0 saturated carbocycles. The van der Waals surface area contributed by atoms with Crippen LogP contribution in [0.4, 0.5) is 5.69 Å². The highest BCUT2D eigenvalue weighted by Gasteiger charge is 2.27. The van der Waals surface area contributed by atoms with Crippen LogP contribution in [0.15, 0.2) is 65.1 Å². The van der Waals surface area contributed by atoms with Crippen LogP contribution >= 0.6 is 0 Å². The summed E-state index contributed by atoms with van der Waals surface area (Å²) in [5.41, 5.74) is 5.01. The molecule has 0 aliphatic heterocycles. The molecule has 2 N–H and O–H groups in total. The average Bonchev–Trinajstić information content (AvgIpc) is 3.30. The van der Waals surface area contributed by atoms with E-state index >= 15 is 0 Å². The molecule has 0 radical (unpaired) electrons. The largest absolute Gasteiger partial charge is 0.455 e. The Kier molecular flexibility index (Phi) is 8.65. The fourth-order valence-electron chi connectivity index (χ4n) is 5.41. The minimum absolute atomic E-state index is 0.0243. The third kappa shape index (κ3) is 6.34. The predicted octanol–water partition coefficient (Wildman–Crippen LogP) is 7.11. The molecule has 7 nitrogen and oxygen atoms in total. The molecule has 0 aliphatic carbocycles. The number of rotatable bonds is 10. The number of nitrogens with zero attached hydrogens (tertiary/aromatic N) is 2. The van der Waals surface area contributed by atoms with E-state index in [1.54, 1.807) is 31.0 Å². The fourth-order valence-corrected chi connectivity index (χ4v) is 5.41. The number of Topliss-reactive ketones (excluding diaryl/α,β-unsaturated/α-hetero) is 1. The number of aryl methyl sites for hydroxylation is 1. The van der Waals surface area contributed by atoms with Crippen LogP contribution in [-0.2, 0) is 0 Å². The van der Waals surface area contributed by atoms with Gasteiger partial charge in [0.2, 0.25) is 0 Å². The first kappa shape index (κ1) is 29.6. The van der Waals surface area contributed by atoms with E-state index in [2.05, 4.69) is 11.5 Å². The summed E-state index contributed by atoms with van der Waals surface area (Å²) in [6.07, 6.45) is 2.54. The smallest absolute Gasteiger partial charge is 0.255 e. The molecule has 4 rings (SSSR count). The first-order chi connectivity index (χ1) is 19.5. The number of aliphatic hydroxyl groups excluding tert-OH is 1. The number of aliphatic hydroxyl groups is 1. The van der Waals surface area contributed by atoms with Crippen LogP contribution in [0.5, 0.6) is 0 Å². The van der Waals surface area contributed by atoms with Gasteiger partial charge in [-0.15, -0.1) is 0 Å². The number of carbonyl (C=O) groups is 2. The van der Waals surface area contributed by atoms with Crippen molar-refractivity contribution in [1.29, 1.82) is 5.26 Å². The minimum Gasteiger partial charge on any atom is -0.455 e. The molecule has 0 saturated heterocycles. The Labute approximate surface area is 241 Å². The standard InChI is InChI=1S/C34H37N3O4/c1-7-37(20-35)28-17-30-27(31(33(40)36-6)32(41-30)23-13-11-21(2)12-14-23)16-26(28)24-9-8-10-25(15-24)29(39)19-34(4,5)18-22(3)38/h8-17,22,38H,7,18-19H2,1-6H3,(H,36,40). The average molecular weight is 552 g/mol. The maximum Gasteiger partial charge on any atom is 0.255 e. The lowest BCUT2D eigenvalue weighted by Gasteiger charge is -2.25. The molecule has 7 heteroatoms. The number of fused-ring (bicyclic) bond motifs is 1. The van der Waals surface area contributed by atoms with Gasteiger partial charge in [0.15, 0.2) is 12.0 Å². The van der Waals surface area contributed by atoms with Crippen molar-refractivity contribution in [2.45, 2.75) is 53.6 Å². The van der Waals surface area contributed by atoms with Crippen LogP contribution in [0.25, 0.3) is 33.4 Å². The van der Waals surface area contributed by atoms with E-state index in [1.807, 2.05) is 76.2 Å². The second-order valence-corrected chi connectivity index (χ2v) is 11.4. The van der Waals surface area contributed by atoms with Gasteiger partial charge in [0.25, 0.3) is 5.91 Å². The van der Waals surface area contributed by atoms with E-state index in [1.165, 1.54) is 0 Å². The van der Waals surface area contributed by atoms with Crippen molar-refractivity contribution in [3.63, 3.8) is 0 Å². The van der Waals surface area contributed by atoms with Gasteiger partial charge in [0.05, 0.1) is 17.4 Å². The summed E-state index contributed by atoms with van der Waals surface area (Å²) in [4.78, 5) is 28.1. The molecule has 1 unspecified atom stereocenters. The number of hydrogen-bond donors (Lipinski definition) is 2. The zero-order valence-electron chi connectivity index (χ0n) is 24.5. The summed E-state index contributed by atoms with van der Waals surface area (Å²) in [7, 11) is 1.58. The molecule has 0 fully saturated rings. The summed E-state index contributed by atoms with van der Waals surface area (Å²) in [6, 6.07) is 18.8. The maximum atomic E-state index is 13.3. The first-order valence-electron chi connectivity index (χ1n) is 13.9. The van der Waals surface area contributed by atoms with E-state index in [0.717, 1.165) is 16.7 Å². The molecular formula is C34H37N3O4. The van der Waals surface area contributed by atoms with Crippen molar-refractivity contribution in [3.05, 3.63) is 77.4 Å². The number of carbonyl (C=O) groups excluding carboxylic acids is 2. The van der Waals surface area contributed by atoms with Crippen molar-refractivity contribution in [1.82, 2.24) is 5.32 Å². The SMILES string of the molecule is CCN(C#N)c1cc2oc(-c3ccc(C)cc3)c(C(=O)NC)c2cc1-c1cccc(C(=O)CC(C)(C)CC(C)O)c1. The third-order valence-electron chi connectivity index (χ3n) is 7.28. The second kappa shape index (κ2) is 12.0. The number of ketones is 1. The topological polar surface area (TPSA) is 107 Å². The number of amides is 1. The molecule has 1 atom stereocenters. The Morgan fingerprint density at radius 1 is 1.10 bits per heavy atom. The Hall–Kier alpha value is -4.41. The van der Waals surface area contributed by atoms with Crippen LogP contribution < -0.4 is 10.2 Å². The lowest BCUT2D eigenvalue weighted by molar-refractivity contribution is 0.0856. The molecule has 4 aromatic rings. The number of nitrogens with one attached hydrogen (secondary N) is 1. The van der Waals surface area contributed by atoms with Gasteiger partial charge in [-0.3, -0.25) is 14.5 Å². The second-order valence-electron chi connectivity index (χ2n) is 11.4. The summed E-state index contributed by atoms with van der Waals surface area (Å²) in [5, 5.41) is 23.2. The molecule has 1 aromatic heterocycles. The van der Waals surface area contributed by atoms with E-state index in [9.17, 15) is 20.0 Å². The summed E-state index contributed by atoms with van der Waals surface area (Å²) in [6.45, 7) is 9.99. The molecule has 0 aliphatic rings. The molecular weight excluding hydrogens is 514 g/mol. The Bertz CT molecular complexity index is 1620. The number of hydrogen-bond acceptors (Lipinski definition) is 6. The van der Waals surface area contributed by atoms with Crippen LogP contribution in [0.1, 0.15) is 66.8 Å². The molecule has 41 heavy (non-hydrogen) atoms. The van der Waals surface area contributed by atoms with Gasteiger partial charge < -0.3 is 14.8 Å². The number of furan rings is 1. The van der Waals surface area contributed by atoms with Crippen LogP contribution in [0, 0.1) is 23.8 Å². The molecule has 0 bridgehead atoms. The van der Waals surface area contributed by atoms with E-state index in [0.29, 0.717) is 52.1 Å². The van der Waals surface area contributed by atoms with Gasteiger partial charge in [0.1, 0.15) is 11.3 Å². The van der Waals surface area contributed by atoms with Gasteiger partial charge in [0, 0.05) is 48.2 Å². The third-order valence-corrected chi connectivity index (χ3v) is 7.28. The molecule has 3 aromatic carbocycles. The quantitative estimate of drug-likeness (QED) is 0.124. The van der Waals surface area contributed by atoms with E-state index < -0.39 is 6.10 Å². The van der Waals surface area contributed by atoms with Gasteiger partial charge in [-0.05, 0) is 50.3 Å². The van der Waals surface area contributed by atoms with Crippen molar-refractivity contribution in [3.8, 4) is 28.6 Å². The lowest BCUT2D eigenvalue weighted by atomic mass is 9.80. The highest BCUT2D eigenvalue weighted by Crippen LogP contribution is 2.41. The summed E-state index contributed by atoms with van der Waals surface area (Å²) in [5.74, 6) is 0.144. The van der Waals surface area contributed by atoms with E-state index in [4.69, 9.17) is 4.42 Å². The van der Waals surface area contributed by atoms with E-state index in [-0.39, 0.29) is 23.5 Å². The Morgan fingerprint density at radius 3 is 2.41 bits per heavy atom. The van der Waals surface area contributed by atoms with Crippen molar-refractivity contribution < 1.29 is 19.1 Å². The lowest BCUT2D eigenvalue weighted by Crippen LogP contribution is -2.22. The monoisotopic (exact) mass is 551 g/mol. The highest BCUT2D eigenvalue weighted by molar-refractivity contribution is 6.13. The molecule has 212 valence electrons.